The smallest absolute Gasteiger partial charge is 0.272 e. The molecule has 0 bridgehead atoms. The van der Waals surface area contributed by atoms with Gasteiger partial charge in [0.25, 0.3) is 5.91 Å². The molecule has 0 radical (unpaired) electrons. The normalized spacial score (nSPS) is 13.2. The lowest BCUT2D eigenvalue weighted by Crippen LogP contribution is -2.26. The summed E-state index contributed by atoms with van der Waals surface area (Å²) in [6, 6.07) is 4.23. The third-order valence-electron chi connectivity index (χ3n) is 4.21. The number of aromatic nitrogens is 3. The average molecular weight is 358 g/mol. The van der Waals surface area contributed by atoms with Crippen LogP contribution in [-0.2, 0) is 19.3 Å². The Morgan fingerprint density at radius 3 is 3.12 bits per heavy atom. The molecule has 1 aliphatic rings. The van der Waals surface area contributed by atoms with E-state index in [4.69, 9.17) is 0 Å². The second-order valence-corrected chi connectivity index (χ2v) is 8.14. The Kier molecular flexibility index (Phi) is 4.20. The molecule has 0 aliphatic heterocycles. The standard InChI is InChI=1S/C17H18N4OS2/c1-10-19-14(9-23-10)15-6-5-11(24-15)7-8-18-17(22)16-12-3-2-4-13(12)20-21-16/h5-6,9H,2-4,7-8H2,1H3,(H,18,22)(H,20,21). The van der Waals surface area contributed by atoms with Crippen molar-refractivity contribution < 1.29 is 4.79 Å². The third-order valence-corrected chi connectivity index (χ3v) is 6.15. The van der Waals surface area contributed by atoms with Crippen LogP contribution in [0.5, 0.6) is 0 Å². The van der Waals surface area contributed by atoms with Gasteiger partial charge in [-0.3, -0.25) is 9.89 Å². The van der Waals surface area contributed by atoms with Gasteiger partial charge in [-0.2, -0.15) is 5.10 Å². The minimum atomic E-state index is -0.0682. The number of thiazole rings is 1. The first-order valence-electron chi connectivity index (χ1n) is 8.06. The zero-order valence-electron chi connectivity index (χ0n) is 13.4. The van der Waals surface area contributed by atoms with E-state index in [1.54, 1.807) is 22.7 Å². The highest BCUT2D eigenvalue weighted by atomic mass is 32.1. The molecule has 2 N–H and O–H groups in total. The van der Waals surface area contributed by atoms with Crippen LogP contribution in [0, 0.1) is 6.92 Å². The lowest BCUT2D eigenvalue weighted by Gasteiger charge is -2.03. The van der Waals surface area contributed by atoms with Crippen LogP contribution in [0.3, 0.4) is 0 Å². The minimum Gasteiger partial charge on any atom is -0.350 e. The number of hydrogen-bond donors (Lipinski definition) is 2. The van der Waals surface area contributed by atoms with Crippen molar-refractivity contribution in [2.75, 3.05) is 6.54 Å². The van der Waals surface area contributed by atoms with Crippen LogP contribution in [0.2, 0.25) is 0 Å². The van der Waals surface area contributed by atoms with E-state index in [1.807, 2.05) is 6.92 Å². The maximum Gasteiger partial charge on any atom is 0.272 e. The van der Waals surface area contributed by atoms with Crippen molar-refractivity contribution in [1.29, 1.82) is 0 Å². The number of nitrogens with zero attached hydrogens (tertiary/aromatic N) is 2. The Morgan fingerprint density at radius 1 is 1.38 bits per heavy atom. The summed E-state index contributed by atoms with van der Waals surface area (Å²) in [5, 5.41) is 13.3. The van der Waals surface area contributed by atoms with Gasteiger partial charge in [-0.25, -0.2) is 4.98 Å². The quantitative estimate of drug-likeness (QED) is 0.735. The van der Waals surface area contributed by atoms with E-state index in [1.165, 1.54) is 9.75 Å². The Morgan fingerprint density at radius 2 is 2.29 bits per heavy atom. The molecule has 0 saturated heterocycles. The number of rotatable bonds is 5. The van der Waals surface area contributed by atoms with Gasteiger partial charge < -0.3 is 5.32 Å². The zero-order valence-corrected chi connectivity index (χ0v) is 15.0. The number of carbonyl (C=O) groups excluding carboxylic acids is 1. The fourth-order valence-electron chi connectivity index (χ4n) is 3.02. The molecule has 0 fully saturated rings. The summed E-state index contributed by atoms with van der Waals surface area (Å²) in [5.74, 6) is -0.0682. The maximum atomic E-state index is 12.3. The molecular formula is C17H18N4OS2. The van der Waals surface area contributed by atoms with Crippen molar-refractivity contribution in [1.82, 2.24) is 20.5 Å². The molecule has 1 aliphatic carbocycles. The van der Waals surface area contributed by atoms with Crippen molar-refractivity contribution in [3.8, 4) is 10.6 Å². The summed E-state index contributed by atoms with van der Waals surface area (Å²) < 4.78 is 0. The molecule has 1 amide bonds. The van der Waals surface area contributed by atoms with Crippen LogP contribution in [0.25, 0.3) is 10.6 Å². The van der Waals surface area contributed by atoms with Gasteiger partial charge in [0.1, 0.15) is 0 Å². The van der Waals surface area contributed by atoms with E-state index in [9.17, 15) is 4.79 Å². The Balaban J connectivity index is 1.34. The lowest BCUT2D eigenvalue weighted by atomic mass is 10.2. The van der Waals surface area contributed by atoms with Crippen molar-refractivity contribution in [2.45, 2.75) is 32.6 Å². The molecule has 7 heteroatoms. The molecular weight excluding hydrogens is 340 g/mol. The average Bonchev–Trinajstić information content (AvgIpc) is 3.30. The molecule has 0 atom stereocenters. The number of fused-ring (bicyclic) bond motifs is 1. The van der Waals surface area contributed by atoms with Gasteiger partial charge >= 0.3 is 0 Å². The molecule has 3 aromatic rings. The first-order valence-corrected chi connectivity index (χ1v) is 9.76. The fraction of sp³-hybridized carbons (Fsp3) is 0.353. The number of carbonyl (C=O) groups is 1. The SMILES string of the molecule is Cc1nc(-c2ccc(CCNC(=O)c3n[nH]c4c3CCC4)s2)cs1. The summed E-state index contributed by atoms with van der Waals surface area (Å²) in [6.45, 7) is 2.64. The van der Waals surface area contributed by atoms with E-state index in [0.29, 0.717) is 12.2 Å². The predicted molar refractivity (Wildman–Crippen MR) is 96.8 cm³/mol. The van der Waals surface area contributed by atoms with E-state index in [-0.39, 0.29) is 5.91 Å². The molecule has 0 unspecified atom stereocenters. The minimum absolute atomic E-state index is 0.0682. The lowest BCUT2D eigenvalue weighted by molar-refractivity contribution is 0.0948. The molecule has 0 saturated carbocycles. The highest BCUT2D eigenvalue weighted by Gasteiger charge is 2.22. The maximum absolute atomic E-state index is 12.3. The monoisotopic (exact) mass is 358 g/mol. The largest absolute Gasteiger partial charge is 0.350 e. The molecule has 0 spiro atoms. The molecule has 24 heavy (non-hydrogen) atoms. The summed E-state index contributed by atoms with van der Waals surface area (Å²) in [7, 11) is 0. The first kappa shape index (κ1) is 15.5. The topological polar surface area (TPSA) is 70.7 Å². The van der Waals surface area contributed by atoms with Crippen LogP contribution in [0.15, 0.2) is 17.5 Å². The number of hydrogen-bond acceptors (Lipinski definition) is 5. The second kappa shape index (κ2) is 6.49. The number of thiophene rings is 1. The predicted octanol–water partition coefficient (Wildman–Crippen LogP) is 3.36. The number of H-pyrrole nitrogens is 1. The highest BCUT2D eigenvalue weighted by molar-refractivity contribution is 7.16. The van der Waals surface area contributed by atoms with Gasteiger partial charge in [0.2, 0.25) is 0 Å². The summed E-state index contributed by atoms with van der Waals surface area (Å²) in [4.78, 5) is 19.2. The molecule has 5 nitrogen and oxygen atoms in total. The summed E-state index contributed by atoms with van der Waals surface area (Å²) in [5.41, 5.74) is 3.85. The van der Waals surface area contributed by atoms with Crippen LogP contribution in [0.1, 0.15) is 38.1 Å². The number of aromatic amines is 1. The van der Waals surface area contributed by atoms with Gasteiger partial charge in [-0.1, -0.05) is 0 Å². The Labute approximate surface area is 148 Å². The van der Waals surface area contributed by atoms with Crippen LogP contribution in [-0.4, -0.2) is 27.6 Å². The zero-order chi connectivity index (χ0) is 16.5. The number of aryl methyl sites for hydroxylation is 2. The van der Waals surface area contributed by atoms with Crippen LogP contribution in [0.4, 0.5) is 0 Å². The third kappa shape index (κ3) is 3.01. The summed E-state index contributed by atoms with van der Waals surface area (Å²) >= 11 is 3.41. The summed E-state index contributed by atoms with van der Waals surface area (Å²) in [6.07, 6.45) is 3.89. The van der Waals surface area contributed by atoms with E-state index in [2.05, 4.69) is 38.0 Å². The van der Waals surface area contributed by atoms with Crippen molar-refractivity contribution >= 4 is 28.6 Å². The van der Waals surface area contributed by atoms with Gasteiger partial charge in [-0.15, -0.1) is 22.7 Å². The molecule has 3 heterocycles. The second-order valence-electron chi connectivity index (χ2n) is 5.91. The molecule has 0 aromatic carbocycles. The number of amides is 1. The fourth-order valence-corrected chi connectivity index (χ4v) is 4.67. The molecule has 3 aromatic heterocycles. The Hall–Kier alpha value is -1.99. The van der Waals surface area contributed by atoms with Gasteiger partial charge in [0.15, 0.2) is 5.69 Å². The van der Waals surface area contributed by atoms with Crippen molar-refractivity contribution in [3.63, 3.8) is 0 Å². The number of nitrogens with one attached hydrogen (secondary N) is 2. The van der Waals surface area contributed by atoms with E-state index < -0.39 is 0 Å². The van der Waals surface area contributed by atoms with Gasteiger partial charge in [0, 0.05) is 28.1 Å². The highest BCUT2D eigenvalue weighted by Crippen LogP contribution is 2.29. The van der Waals surface area contributed by atoms with E-state index >= 15 is 0 Å². The first-order chi connectivity index (χ1) is 11.7. The van der Waals surface area contributed by atoms with Gasteiger partial charge in [-0.05, 0) is 44.7 Å². The van der Waals surface area contributed by atoms with Crippen LogP contribution < -0.4 is 5.32 Å². The van der Waals surface area contributed by atoms with Crippen LogP contribution >= 0.6 is 22.7 Å². The molecule has 4 rings (SSSR count). The van der Waals surface area contributed by atoms with Gasteiger partial charge in [0.05, 0.1) is 15.6 Å². The van der Waals surface area contributed by atoms with Crippen molar-refractivity contribution in [2.24, 2.45) is 0 Å². The van der Waals surface area contributed by atoms with Crippen molar-refractivity contribution in [3.05, 3.63) is 44.3 Å². The van der Waals surface area contributed by atoms with E-state index in [0.717, 1.165) is 47.6 Å². The Bertz CT molecular complexity index is 877. The molecule has 124 valence electrons.